The minimum absolute atomic E-state index is 0.00688. The Morgan fingerprint density at radius 1 is 1.21 bits per heavy atom. The van der Waals surface area contributed by atoms with Crippen molar-refractivity contribution in [3.05, 3.63) is 98.3 Å². The predicted molar refractivity (Wildman–Crippen MR) is 111 cm³/mol. The van der Waals surface area contributed by atoms with E-state index >= 15 is 0 Å². The normalized spacial score (nSPS) is 11.7. The van der Waals surface area contributed by atoms with Crippen LogP contribution in [-0.2, 0) is 0 Å². The van der Waals surface area contributed by atoms with Gasteiger partial charge < -0.3 is 4.42 Å². The maximum Gasteiger partial charge on any atom is 0.269 e. The van der Waals surface area contributed by atoms with Crippen LogP contribution in [-0.4, -0.2) is 14.3 Å². The van der Waals surface area contributed by atoms with Gasteiger partial charge in [0.2, 0.25) is 0 Å². The van der Waals surface area contributed by atoms with E-state index in [0.29, 0.717) is 28.4 Å². The number of hydrogen-bond acceptors (Lipinski definition) is 5. The molecule has 0 radical (unpaired) electrons. The zero-order chi connectivity index (χ0) is 20.5. The fourth-order valence-corrected chi connectivity index (χ4v) is 3.12. The van der Waals surface area contributed by atoms with Crippen LogP contribution in [0.1, 0.15) is 17.0 Å². The van der Waals surface area contributed by atoms with Crippen LogP contribution in [0.15, 0.2) is 70.0 Å². The van der Waals surface area contributed by atoms with Crippen LogP contribution in [0.2, 0.25) is 0 Å². The zero-order valence-electron chi connectivity index (χ0n) is 15.2. The lowest BCUT2D eigenvalue weighted by Gasteiger charge is -2.05. The molecule has 0 aliphatic heterocycles. The van der Waals surface area contributed by atoms with Crippen molar-refractivity contribution in [2.75, 3.05) is 0 Å². The molecule has 0 unspecified atom stereocenters. The number of aromatic nitrogens is 2. The molecule has 0 atom stereocenters. The molecule has 0 spiro atoms. The Kier molecular flexibility index (Phi) is 4.74. The summed E-state index contributed by atoms with van der Waals surface area (Å²) in [5.74, 6) is 1.01. The lowest BCUT2D eigenvalue weighted by Crippen LogP contribution is -2.15. The van der Waals surface area contributed by atoms with E-state index in [1.54, 1.807) is 42.6 Å². The van der Waals surface area contributed by atoms with Crippen molar-refractivity contribution in [3.63, 3.8) is 0 Å². The molecule has 0 aliphatic rings. The Morgan fingerprint density at radius 3 is 2.69 bits per heavy atom. The second kappa shape index (κ2) is 7.37. The molecule has 0 aliphatic carbocycles. The first-order valence-electron chi connectivity index (χ1n) is 8.63. The van der Waals surface area contributed by atoms with Gasteiger partial charge in [0.25, 0.3) is 11.2 Å². The second-order valence-corrected chi connectivity index (χ2v) is 6.77. The maximum absolute atomic E-state index is 12.3. The van der Waals surface area contributed by atoms with E-state index in [4.69, 9.17) is 16.0 Å². The molecular weight excluding hydrogens is 394 g/mol. The third-order valence-electron chi connectivity index (χ3n) is 4.39. The third-order valence-corrected chi connectivity index (χ3v) is 4.69. The van der Waals surface area contributed by atoms with Crippen LogP contribution in [0.5, 0.6) is 0 Å². The van der Waals surface area contributed by atoms with Crippen molar-refractivity contribution >= 4 is 34.0 Å². The number of halogens is 1. The predicted octanol–water partition coefficient (Wildman–Crippen LogP) is 4.91. The van der Waals surface area contributed by atoms with Crippen molar-refractivity contribution in [1.82, 2.24) is 9.38 Å². The number of nitro benzene ring substituents is 1. The van der Waals surface area contributed by atoms with Crippen LogP contribution in [0.3, 0.4) is 0 Å². The molecule has 0 saturated heterocycles. The van der Waals surface area contributed by atoms with E-state index in [1.165, 1.54) is 22.6 Å². The number of rotatable bonds is 4. The van der Waals surface area contributed by atoms with E-state index in [-0.39, 0.29) is 16.3 Å². The number of aryl methyl sites for hydroxylation is 1. The number of non-ortho nitro benzene ring substituents is 1. The van der Waals surface area contributed by atoms with Gasteiger partial charge in [-0.05, 0) is 42.8 Å². The first-order chi connectivity index (χ1) is 13.9. The van der Waals surface area contributed by atoms with Gasteiger partial charge >= 0.3 is 0 Å². The third kappa shape index (κ3) is 3.68. The van der Waals surface area contributed by atoms with Gasteiger partial charge in [-0.15, -0.1) is 0 Å². The Hall–Kier alpha value is -3.71. The van der Waals surface area contributed by atoms with Crippen molar-refractivity contribution < 1.29 is 9.34 Å². The van der Waals surface area contributed by atoms with Crippen molar-refractivity contribution in [2.24, 2.45) is 0 Å². The summed E-state index contributed by atoms with van der Waals surface area (Å²) in [7, 11) is 0. The molecule has 0 bridgehead atoms. The highest BCUT2D eigenvalue weighted by Crippen LogP contribution is 2.27. The molecule has 4 aromatic rings. The Labute approximate surface area is 169 Å². The molecule has 3 heterocycles. The average molecular weight is 408 g/mol. The summed E-state index contributed by atoms with van der Waals surface area (Å²) in [4.78, 5) is 27.1. The Bertz CT molecular complexity index is 1320. The molecule has 8 heteroatoms. The number of nitro groups is 1. The average Bonchev–Trinajstić information content (AvgIpc) is 3.17. The minimum atomic E-state index is -0.458. The van der Waals surface area contributed by atoms with E-state index in [0.717, 1.165) is 5.56 Å². The van der Waals surface area contributed by atoms with Crippen LogP contribution in [0.25, 0.3) is 28.1 Å². The standard InChI is InChI=1S/C21H14ClN3O4/c1-13-3-2-10-24-20(26)12-18(23-21(13)24)17(22)11-16-8-9-19(29-16)14-4-6-15(7-5-14)25(27)28/h2-12H,1H3/b17-11-. The monoisotopic (exact) mass is 407 g/mol. The fraction of sp³-hybridized carbons (Fsp3) is 0.0476. The quantitative estimate of drug-likeness (QED) is 0.354. The second-order valence-electron chi connectivity index (χ2n) is 6.36. The summed E-state index contributed by atoms with van der Waals surface area (Å²) in [6, 6.07) is 14.5. The van der Waals surface area contributed by atoms with Gasteiger partial charge in [0.1, 0.15) is 17.2 Å². The molecule has 0 saturated carbocycles. The Balaban J connectivity index is 1.67. The first kappa shape index (κ1) is 18.6. The molecule has 4 rings (SSSR count). The summed E-state index contributed by atoms with van der Waals surface area (Å²) < 4.78 is 7.22. The first-order valence-corrected chi connectivity index (χ1v) is 9.01. The summed E-state index contributed by atoms with van der Waals surface area (Å²) in [5, 5.41) is 11.0. The molecule has 0 fully saturated rings. The van der Waals surface area contributed by atoms with Gasteiger partial charge in [-0.1, -0.05) is 17.7 Å². The van der Waals surface area contributed by atoms with Crippen LogP contribution < -0.4 is 5.56 Å². The Morgan fingerprint density at radius 2 is 1.97 bits per heavy atom. The SMILES string of the molecule is Cc1cccn2c(=O)cc(/C(Cl)=C/c3ccc(-c4ccc([N+](=O)[O-])cc4)o3)nc12. The summed E-state index contributed by atoms with van der Waals surface area (Å²) in [5.41, 5.74) is 2.21. The minimum Gasteiger partial charge on any atom is -0.457 e. The van der Waals surface area contributed by atoms with Gasteiger partial charge in [-0.2, -0.15) is 0 Å². The molecule has 144 valence electrons. The largest absolute Gasteiger partial charge is 0.457 e. The molecule has 0 amide bonds. The maximum atomic E-state index is 12.3. The summed E-state index contributed by atoms with van der Waals surface area (Å²) in [6.45, 7) is 1.87. The summed E-state index contributed by atoms with van der Waals surface area (Å²) in [6.07, 6.45) is 3.23. The fourth-order valence-electron chi connectivity index (χ4n) is 2.92. The lowest BCUT2D eigenvalue weighted by molar-refractivity contribution is -0.384. The highest BCUT2D eigenvalue weighted by Gasteiger charge is 2.10. The van der Waals surface area contributed by atoms with Crippen molar-refractivity contribution in [2.45, 2.75) is 6.92 Å². The van der Waals surface area contributed by atoms with Gasteiger partial charge in [-0.25, -0.2) is 4.98 Å². The van der Waals surface area contributed by atoms with Gasteiger partial charge in [0, 0.05) is 36.0 Å². The van der Waals surface area contributed by atoms with Crippen molar-refractivity contribution in [1.29, 1.82) is 0 Å². The molecule has 1 aromatic carbocycles. The molecular formula is C21H14ClN3O4. The molecule has 7 nitrogen and oxygen atoms in total. The van der Waals surface area contributed by atoms with Gasteiger partial charge in [0.15, 0.2) is 0 Å². The lowest BCUT2D eigenvalue weighted by atomic mass is 10.1. The van der Waals surface area contributed by atoms with Crippen LogP contribution in [0.4, 0.5) is 5.69 Å². The van der Waals surface area contributed by atoms with E-state index in [1.807, 2.05) is 13.0 Å². The highest BCUT2D eigenvalue weighted by molar-refractivity contribution is 6.51. The van der Waals surface area contributed by atoms with E-state index in [9.17, 15) is 14.9 Å². The zero-order valence-corrected chi connectivity index (χ0v) is 16.0. The van der Waals surface area contributed by atoms with E-state index in [2.05, 4.69) is 4.98 Å². The van der Waals surface area contributed by atoms with E-state index < -0.39 is 4.92 Å². The number of benzene rings is 1. The number of pyridine rings is 1. The van der Waals surface area contributed by atoms with Gasteiger partial charge in [0.05, 0.1) is 15.6 Å². The van der Waals surface area contributed by atoms with Crippen molar-refractivity contribution in [3.8, 4) is 11.3 Å². The summed E-state index contributed by atoms with van der Waals surface area (Å²) >= 11 is 6.39. The smallest absolute Gasteiger partial charge is 0.269 e. The topological polar surface area (TPSA) is 90.7 Å². The molecule has 29 heavy (non-hydrogen) atoms. The van der Waals surface area contributed by atoms with Crippen LogP contribution in [0, 0.1) is 17.0 Å². The number of nitrogens with zero attached hydrogens (tertiary/aromatic N) is 3. The number of furan rings is 1. The number of fused-ring (bicyclic) bond motifs is 1. The number of hydrogen-bond donors (Lipinski definition) is 0. The highest BCUT2D eigenvalue weighted by atomic mass is 35.5. The molecule has 3 aromatic heterocycles. The van der Waals surface area contributed by atoms with Crippen LogP contribution >= 0.6 is 11.6 Å². The molecule has 0 N–H and O–H groups in total. The van der Waals surface area contributed by atoms with Gasteiger partial charge in [-0.3, -0.25) is 19.3 Å².